The van der Waals surface area contributed by atoms with Gasteiger partial charge in [-0.05, 0) is 36.2 Å². The van der Waals surface area contributed by atoms with E-state index in [9.17, 15) is 0 Å². The van der Waals surface area contributed by atoms with E-state index in [2.05, 4.69) is 51.3 Å². The molecule has 0 aliphatic carbocycles. The van der Waals surface area contributed by atoms with E-state index in [0.29, 0.717) is 5.89 Å². The van der Waals surface area contributed by atoms with Gasteiger partial charge in [0, 0.05) is 12.5 Å². The number of tetrazole rings is 1. The maximum atomic E-state index is 5.37. The van der Waals surface area contributed by atoms with E-state index in [0.717, 1.165) is 57.0 Å². The summed E-state index contributed by atoms with van der Waals surface area (Å²) in [6.45, 7) is 8.90. The average molecular weight is 319 g/mol. The quantitative estimate of drug-likeness (QED) is 0.774. The first kappa shape index (κ1) is 16.0. The van der Waals surface area contributed by atoms with Gasteiger partial charge in [0.2, 0.25) is 5.89 Å². The van der Waals surface area contributed by atoms with Crippen LogP contribution in [-0.2, 0) is 13.1 Å². The van der Waals surface area contributed by atoms with Crippen LogP contribution >= 0.6 is 0 Å². The molecule has 1 aliphatic rings. The molecular weight excluding hydrogens is 294 g/mol. The Bertz CT molecular complexity index is 621. The molecule has 8 heteroatoms. The summed E-state index contributed by atoms with van der Waals surface area (Å²) in [5, 5.41) is 16.3. The van der Waals surface area contributed by atoms with Crippen molar-refractivity contribution in [3.8, 4) is 0 Å². The minimum atomic E-state index is 0.197. The van der Waals surface area contributed by atoms with Crippen LogP contribution in [0.25, 0.3) is 0 Å². The number of nitrogens with zero attached hydrogens (tertiary/aromatic N) is 7. The molecule has 0 aromatic carbocycles. The Hall–Kier alpha value is -1.83. The third kappa shape index (κ3) is 3.57. The smallest absolute Gasteiger partial charge is 0.229 e. The molecule has 8 nitrogen and oxygen atoms in total. The summed E-state index contributed by atoms with van der Waals surface area (Å²) in [5.41, 5.74) is 0. The largest absolute Gasteiger partial charge is 0.339 e. The van der Waals surface area contributed by atoms with Crippen LogP contribution in [0.2, 0.25) is 0 Å². The number of aromatic nitrogens is 6. The van der Waals surface area contributed by atoms with Gasteiger partial charge in [0.25, 0.3) is 0 Å². The maximum absolute atomic E-state index is 5.37. The molecule has 0 N–H and O–H groups in total. The SMILES string of the molecule is CCCCn1nnnc1CN1CCCC1c1noc(C(C)C)n1. The molecular formula is C15H25N7O. The minimum Gasteiger partial charge on any atom is -0.339 e. The van der Waals surface area contributed by atoms with Gasteiger partial charge in [0.15, 0.2) is 11.6 Å². The molecule has 1 aliphatic heterocycles. The molecule has 23 heavy (non-hydrogen) atoms. The van der Waals surface area contributed by atoms with Crippen LogP contribution in [0, 0.1) is 0 Å². The molecule has 126 valence electrons. The predicted octanol–water partition coefficient (Wildman–Crippen LogP) is 2.32. The number of hydrogen-bond acceptors (Lipinski definition) is 7. The Morgan fingerprint density at radius 2 is 2.22 bits per heavy atom. The second-order valence-corrected chi connectivity index (χ2v) is 6.45. The highest BCUT2D eigenvalue weighted by molar-refractivity contribution is 5.01. The van der Waals surface area contributed by atoms with E-state index in [1.54, 1.807) is 0 Å². The lowest BCUT2D eigenvalue weighted by Crippen LogP contribution is -2.25. The highest BCUT2D eigenvalue weighted by Crippen LogP contribution is 2.31. The number of unbranched alkanes of at least 4 members (excludes halogenated alkanes) is 1. The first-order valence-electron chi connectivity index (χ1n) is 8.51. The maximum Gasteiger partial charge on any atom is 0.229 e. The molecule has 3 heterocycles. The average Bonchev–Trinajstić information content (AvgIpc) is 3.26. The molecule has 1 saturated heterocycles. The molecule has 2 aromatic heterocycles. The number of likely N-dealkylation sites (tertiary alicyclic amines) is 1. The summed E-state index contributed by atoms with van der Waals surface area (Å²) in [6, 6.07) is 0.197. The highest BCUT2D eigenvalue weighted by atomic mass is 16.5. The monoisotopic (exact) mass is 319 g/mol. The van der Waals surface area contributed by atoms with Crippen molar-refractivity contribution in [2.75, 3.05) is 6.54 Å². The van der Waals surface area contributed by atoms with E-state index < -0.39 is 0 Å². The lowest BCUT2D eigenvalue weighted by Gasteiger charge is -2.21. The van der Waals surface area contributed by atoms with Gasteiger partial charge in [-0.3, -0.25) is 4.90 Å². The van der Waals surface area contributed by atoms with E-state index in [1.165, 1.54) is 0 Å². The zero-order valence-electron chi connectivity index (χ0n) is 14.1. The fourth-order valence-corrected chi connectivity index (χ4v) is 2.92. The Kier molecular flexibility index (Phi) is 5.00. The molecule has 1 fully saturated rings. The third-order valence-corrected chi connectivity index (χ3v) is 4.29. The Labute approximate surface area is 136 Å². The second kappa shape index (κ2) is 7.16. The molecule has 0 saturated carbocycles. The molecule has 0 radical (unpaired) electrons. The van der Waals surface area contributed by atoms with Crippen LogP contribution in [0.15, 0.2) is 4.52 Å². The molecule has 2 aromatic rings. The van der Waals surface area contributed by atoms with Gasteiger partial charge in [0.1, 0.15) is 0 Å². The van der Waals surface area contributed by atoms with Gasteiger partial charge in [0.05, 0.1) is 12.6 Å². The van der Waals surface area contributed by atoms with Gasteiger partial charge >= 0.3 is 0 Å². The van der Waals surface area contributed by atoms with Crippen molar-refractivity contribution in [1.29, 1.82) is 0 Å². The van der Waals surface area contributed by atoms with Crippen molar-refractivity contribution in [3.63, 3.8) is 0 Å². The Morgan fingerprint density at radius 1 is 1.35 bits per heavy atom. The van der Waals surface area contributed by atoms with Crippen molar-refractivity contribution in [2.45, 2.75) is 71.5 Å². The van der Waals surface area contributed by atoms with Crippen molar-refractivity contribution < 1.29 is 4.52 Å². The van der Waals surface area contributed by atoms with Gasteiger partial charge in [-0.25, -0.2) is 4.68 Å². The van der Waals surface area contributed by atoms with Crippen LogP contribution in [0.1, 0.15) is 76.0 Å². The van der Waals surface area contributed by atoms with E-state index in [4.69, 9.17) is 4.52 Å². The van der Waals surface area contributed by atoms with Crippen LogP contribution in [0.4, 0.5) is 0 Å². The van der Waals surface area contributed by atoms with Gasteiger partial charge < -0.3 is 4.52 Å². The van der Waals surface area contributed by atoms with Gasteiger partial charge in [-0.15, -0.1) is 5.10 Å². The van der Waals surface area contributed by atoms with E-state index in [1.807, 2.05) is 4.68 Å². The zero-order valence-corrected chi connectivity index (χ0v) is 14.1. The lowest BCUT2D eigenvalue weighted by atomic mass is 10.2. The van der Waals surface area contributed by atoms with Gasteiger partial charge in [-0.1, -0.05) is 32.3 Å². The summed E-state index contributed by atoms with van der Waals surface area (Å²) in [7, 11) is 0. The first-order chi connectivity index (χ1) is 11.2. The first-order valence-corrected chi connectivity index (χ1v) is 8.51. The second-order valence-electron chi connectivity index (χ2n) is 6.45. The fourth-order valence-electron chi connectivity index (χ4n) is 2.92. The normalized spacial score (nSPS) is 19.0. The summed E-state index contributed by atoms with van der Waals surface area (Å²) >= 11 is 0. The standard InChI is InChI=1S/C15H25N7O/c1-4-5-9-22-13(17-19-20-22)10-21-8-6-7-12(21)14-16-15(11(2)3)23-18-14/h11-12H,4-10H2,1-3H3. The van der Waals surface area contributed by atoms with Crippen LogP contribution in [0.3, 0.4) is 0 Å². The zero-order chi connectivity index (χ0) is 16.2. The number of aryl methyl sites for hydroxylation is 1. The predicted molar refractivity (Wildman–Crippen MR) is 83.5 cm³/mol. The Balaban J connectivity index is 1.70. The summed E-state index contributed by atoms with van der Waals surface area (Å²) in [6.07, 6.45) is 4.40. The van der Waals surface area contributed by atoms with Crippen LogP contribution in [0.5, 0.6) is 0 Å². The highest BCUT2D eigenvalue weighted by Gasteiger charge is 2.31. The topological polar surface area (TPSA) is 85.8 Å². The molecule has 0 spiro atoms. The summed E-state index contributed by atoms with van der Waals surface area (Å²) < 4.78 is 7.28. The fraction of sp³-hybridized carbons (Fsp3) is 0.800. The molecule has 1 atom stereocenters. The van der Waals surface area contributed by atoms with Crippen molar-refractivity contribution >= 4 is 0 Å². The number of hydrogen-bond donors (Lipinski definition) is 0. The van der Waals surface area contributed by atoms with Gasteiger partial charge in [-0.2, -0.15) is 4.98 Å². The summed E-state index contributed by atoms with van der Waals surface area (Å²) in [4.78, 5) is 6.92. The van der Waals surface area contributed by atoms with Crippen LogP contribution in [-0.4, -0.2) is 41.8 Å². The third-order valence-electron chi connectivity index (χ3n) is 4.29. The van der Waals surface area contributed by atoms with Crippen molar-refractivity contribution in [3.05, 3.63) is 17.5 Å². The molecule has 1 unspecified atom stereocenters. The van der Waals surface area contributed by atoms with Crippen molar-refractivity contribution in [1.82, 2.24) is 35.2 Å². The van der Waals surface area contributed by atoms with Crippen molar-refractivity contribution in [2.24, 2.45) is 0 Å². The summed E-state index contributed by atoms with van der Waals surface area (Å²) in [5.74, 6) is 2.67. The minimum absolute atomic E-state index is 0.197. The van der Waals surface area contributed by atoms with E-state index in [-0.39, 0.29) is 12.0 Å². The number of rotatable bonds is 7. The molecule has 3 rings (SSSR count). The lowest BCUT2D eigenvalue weighted by molar-refractivity contribution is 0.223. The Morgan fingerprint density at radius 3 is 2.96 bits per heavy atom. The molecule has 0 bridgehead atoms. The molecule has 0 amide bonds. The van der Waals surface area contributed by atoms with Crippen LogP contribution < -0.4 is 0 Å². The van der Waals surface area contributed by atoms with E-state index >= 15 is 0 Å².